The van der Waals surface area contributed by atoms with Gasteiger partial charge in [-0.1, -0.05) is 12.1 Å². The molecule has 0 unspecified atom stereocenters. The molecule has 0 amide bonds. The van der Waals surface area contributed by atoms with Gasteiger partial charge in [0.05, 0.1) is 16.5 Å². The van der Waals surface area contributed by atoms with Gasteiger partial charge in [0.15, 0.2) is 11.6 Å². The molecule has 6 heteroatoms. The van der Waals surface area contributed by atoms with Crippen molar-refractivity contribution in [2.75, 3.05) is 0 Å². The topological polar surface area (TPSA) is 43.1 Å². The van der Waals surface area contributed by atoms with Crippen LogP contribution in [0.25, 0.3) is 22.4 Å². The first kappa shape index (κ1) is 12.4. The van der Waals surface area contributed by atoms with Gasteiger partial charge in [-0.2, -0.15) is 0 Å². The van der Waals surface area contributed by atoms with E-state index in [0.29, 0.717) is 6.07 Å². The van der Waals surface area contributed by atoms with E-state index in [-0.39, 0.29) is 22.4 Å². The molecule has 0 saturated heterocycles. The van der Waals surface area contributed by atoms with Crippen LogP contribution in [0.2, 0.25) is 0 Å². The number of hydrogen-bond acceptors (Lipinski definition) is 3. The molecule has 0 bridgehead atoms. The van der Waals surface area contributed by atoms with E-state index < -0.39 is 23.1 Å². The average Bonchev–Trinajstić information content (AvgIpc) is 2.41. The summed E-state index contributed by atoms with van der Waals surface area (Å²) in [5.74, 6) is -3.24. The van der Waals surface area contributed by atoms with Crippen LogP contribution >= 0.6 is 0 Å². The highest BCUT2D eigenvalue weighted by Gasteiger charge is 2.14. The van der Waals surface area contributed by atoms with Crippen molar-refractivity contribution < 1.29 is 17.6 Å². The van der Waals surface area contributed by atoms with Gasteiger partial charge in [0.25, 0.3) is 0 Å². The summed E-state index contributed by atoms with van der Waals surface area (Å²) in [5, 5.41) is -0.205. The first-order valence-corrected chi connectivity index (χ1v) is 5.61. The molecule has 0 saturated carbocycles. The predicted molar refractivity (Wildman–Crippen MR) is 65.6 cm³/mol. The Morgan fingerprint density at radius 2 is 1.65 bits per heavy atom. The van der Waals surface area contributed by atoms with Crippen molar-refractivity contribution in [3.05, 3.63) is 64.3 Å². The van der Waals surface area contributed by atoms with E-state index in [2.05, 4.69) is 4.98 Å². The number of aromatic nitrogens is 1. The van der Waals surface area contributed by atoms with Crippen LogP contribution in [0, 0.1) is 17.5 Å². The molecule has 3 nitrogen and oxygen atoms in total. The fraction of sp³-hybridized carbons (Fsp3) is 0. The van der Waals surface area contributed by atoms with Crippen molar-refractivity contribution in [3.63, 3.8) is 0 Å². The number of hydrogen-bond donors (Lipinski definition) is 0. The van der Waals surface area contributed by atoms with E-state index in [1.807, 2.05) is 0 Å². The summed E-state index contributed by atoms with van der Waals surface area (Å²) in [7, 11) is 0. The SMILES string of the molecule is O=c1oc(-c2ccccc2F)nc2cc(F)c(F)cc12. The molecule has 20 heavy (non-hydrogen) atoms. The number of benzene rings is 2. The average molecular weight is 277 g/mol. The lowest BCUT2D eigenvalue weighted by Crippen LogP contribution is -2.05. The van der Waals surface area contributed by atoms with Gasteiger partial charge in [0, 0.05) is 6.07 Å². The van der Waals surface area contributed by atoms with Gasteiger partial charge in [0.2, 0.25) is 5.89 Å². The summed E-state index contributed by atoms with van der Waals surface area (Å²) in [4.78, 5) is 15.6. The largest absolute Gasteiger partial charge is 0.403 e. The van der Waals surface area contributed by atoms with Gasteiger partial charge < -0.3 is 4.42 Å². The van der Waals surface area contributed by atoms with Crippen molar-refractivity contribution in [2.45, 2.75) is 0 Å². The molecule has 2 aromatic carbocycles. The van der Waals surface area contributed by atoms with Crippen LogP contribution in [-0.4, -0.2) is 4.98 Å². The van der Waals surface area contributed by atoms with Crippen LogP contribution in [0.5, 0.6) is 0 Å². The Morgan fingerprint density at radius 3 is 2.40 bits per heavy atom. The summed E-state index contributed by atoms with van der Waals surface area (Å²) >= 11 is 0. The maximum atomic E-state index is 13.6. The molecule has 3 rings (SSSR count). The van der Waals surface area contributed by atoms with Crippen molar-refractivity contribution in [3.8, 4) is 11.5 Å². The van der Waals surface area contributed by atoms with Crippen LogP contribution in [0.1, 0.15) is 0 Å². The Balaban J connectivity index is 2.33. The second-order valence-electron chi connectivity index (χ2n) is 4.07. The van der Waals surface area contributed by atoms with E-state index in [0.717, 1.165) is 6.07 Å². The lowest BCUT2D eigenvalue weighted by molar-refractivity contribution is 0.500. The molecular formula is C14H6F3NO2. The lowest BCUT2D eigenvalue weighted by Gasteiger charge is -2.03. The first-order chi connectivity index (χ1) is 9.56. The summed E-state index contributed by atoms with van der Waals surface area (Å²) in [6.07, 6.45) is 0. The summed E-state index contributed by atoms with van der Waals surface area (Å²) < 4.78 is 44.7. The molecule has 0 spiro atoms. The Morgan fingerprint density at radius 1 is 0.950 bits per heavy atom. The Labute approximate surface area is 110 Å². The van der Waals surface area contributed by atoms with E-state index >= 15 is 0 Å². The molecule has 100 valence electrons. The third kappa shape index (κ3) is 1.95. The monoisotopic (exact) mass is 277 g/mol. The minimum absolute atomic E-state index is 0.0313. The van der Waals surface area contributed by atoms with Crippen molar-refractivity contribution in [1.29, 1.82) is 0 Å². The third-order valence-electron chi connectivity index (χ3n) is 2.77. The Hall–Kier alpha value is -2.63. The van der Waals surface area contributed by atoms with Gasteiger partial charge in [-0.15, -0.1) is 0 Å². The van der Waals surface area contributed by atoms with Gasteiger partial charge in [0.1, 0.15) is 5.82 Å². The smallest absolute Gasteiger partial charge is 0.347 e. The predicted octanol–water partition coefficient (Wildman–Crippen LogP) is 3.27. The quantitative estimate of drug-likeness (QED) is 0.685. The van der Waals surface area contributed by atoms with E-state index in [1.165, 1.54) is 24.3 Å². The summed E-state index contributed by atoms with van der Waals surface area (Å²) in [6, 6.07) is 7.02. The van der Waals surface area contributed by atoms with Crippen LogP contribution in [0.3, 0.4) is 0 Å². The maximum Gasteiger partial charge on any atom is 0.347 e. The zero-order valence-corrected chi connectivity index (χ0v) is 9.86. The normalized spacial score (nSPS) is 10.9. The fourth-order valence-electron chi connectivity index (χ4n) is 1.82. The minimum Gasteiger partial charge on any atom is -0.403 e. The van der Waals surface area contributed by atoms with E-state index in [1.54, 1.807) is 0 Å². The maximum absolute atomic E-state index is 13.6. The minimum atomic E-state index is -1.18. The van der Waals surface area contributed by atoms with Gasteiger partial charge >= 0.3 is 5.63 Å². The molecular weight excluding hydrogens is 271 g/mol. The molecule has 1 aromatic heterocycles. The van der Waals surface area contributed by atoms with Gasteiger partial charge in [-0.05, 0) is 18.2 Å². The third-order valence-corrected chi connectivity index (χ3v) is 2.77. The standard InChI is InChI=1S/C14H6F3NO2/c15-9-4-2-1-3-7(9)13-18-12-6-11(17)10(16)5-8(12)14(19)20-13/h1-6H. The number of halogens is 3. The second kappa shape index (κ2) is 4.48. The van der Waals surface area contributed by atoms with Crippen LogP contribution in [0.4, 0.5) is 13.2 Å². The fourth-order valence-corrected chi connectivity index (χ4v) is 1.82. The molecule has 0 aliphatic carbocycles. The number of rotatable bonds is 1. The van der Waals surface area contributed by atoms with Crippen molar-refractivity contribution >= 4 is 10.9 Å². The summed E-state index contributed by atoms with van der Waals surface area (Å²) in [5.41, 5.74) is -1.04. The highest BCUT2D eigenvalue weighted by molar-refractivity contribution is 5.78. The van der Waals surface area contributed by atoms with Gasteiger partial charge in [-0.3, -0.25) is 0 Å². The van der Waals surface area contributed by atoms with Crippen molar-refractivity contribution in [1.82, 2.24) is 4.98 Å². The number of nitrogens with zero attached hydrogens (tertiary/aromatic N) is 1. The summed E-state index contributed by atoms with van der Waals surface area (Å²) in [6.45, 7) is 0. The Bertz CT molecular complexity index is 874. The van der Waals surface area contributed by atoms with E-state index in [4.69, 9.17) is 4.42 Å². The number of fused-ring (bicyclic) bond motifs is 1. The molecule has 0 N–H and O–H groups in total. The molecule has 0 radical (unpaired) electrons. The molecule has 0 atom stereocenters. The highest BCUT2D eigenvalue weighted by atomic mass is 19.2. The molecule has 3 aromatic rings. The molecule has 1 heterocycles. The van der Waals surface area contributed by atoms with Crippen LogP contribution in [-0.2, 0) is 0 Å². The first-order valence-electron chi connectivity index (χ1n) is 5.61. The van der Waals surface area contributed by atoms with E-state index in [9.17, 15) is 18.0 Å². The Kier molecular flexibility index (Phi) is 2.78. The highest BCUT2D eigenvalue weighted by Crippen LogP contribution is 2.22. The lowest BCUT2D eigenvalue weighted by atomic mass is 10.2. The molecule has 0 aliphatic heterocycles. The van der Waals surface area contributed by atoms with Crippen LogP contribution < -0.4 is 5.63 Å². The second-order valence-corrected chi connectivity index (χ2v) is 4.07. The molecule has 0 fully saturated rings. The zero-order chi connectivity index (χ0) is 14.3. The van der Waals surface area contributed by atoms with Gasteiger partial charge in [-0.25, -0.2) is 22.9 Å². The molecule has 0 aliphatic rings. The zero-order valence-electron chi connectivity index (χ0n) is 9.86. The van der Waals surface area contributed by atoms with Crippen LogP contribution in [0.15, 0.2) is 45.6 Å². The van der Waals surface area contributed by atoms with Crippen molar-refractivity contribution in [2.24, 2.45) is 0 Å².